The minimum atomic E-state index is -1.01. The first-order chi connectivity index (χ1) is 18.0. The normalized spacial score (nSPS) is 12.0. The molecule has 0 saturated carbocycles. The van der Waals surface area contributed by atoms with Crippen molar-refractivity contribution in [3.63, 3.8) is 0 Å². The Morgan fingerprint density at radius 2 is 1.82 bits per heavy atom. The molecule has 0 radical (unpaired) electrons. The monoisotopic (exact) mass is 574 g/mol. The van der Waals surface area contributed by atoms with Crippen LogP contribution in [-0.4, -0.2) is 31.3 Å². The largest absolute Gasteiger partial charge is 0.465 e. The number of para-hydroxylation sites is 1. The number of imidazole rings is 1. The van der Waals surface area contributed by atoms with Gasteiger partial charge in [-0.3, -0.25) is 4.90 Å². The summed E-state index contributed by atoms with van der Waals surface area (Å²) in [6.45, 7) is 12.5. The Hall–Kier alpha value is -3.65. The van der Waals surface area contributed by atoms with Gasteiger partial charge in [0.15, 0.2) is 10.3 Å². The van der Waals surface area contributed by atoms with E-state index in [9.17, 15) is 9.90 Å². The molecule has 0 atom stereocenters. The molecule has 1 N–H and O–H groups in total. The van der Waals surface area contributed by atoms with Crippen LogP contribution >= 0.6 is 15.9 Å². The minimum absolute atomic E-state index is 0.578. The highest BCUT2D eigenvalue weighted by molar-refractivity contribution is 9.10. The van der Waals surface area contributed by atoms with Crippen molar-refractivity contribution in [3.8, 4) is 11.3 Å². The maximum absolute atomic E-state index is 12.3. The number of pyridine rings is 1. The summed E-state index contributed by atoms with van der Waals surface area (Å²) in [4.78, 5) is 23.3. The van der Waals surface area contributed by atoms with Crippen molar-refractivity contribution in [2.24, 2.45) is 0 Å². The Bertz CT molecular complexity index is 1690. The second-order valence-corrected chi connectivity index (χ2v) is 11.3. The number of nitrogens with zero attached hydrogens (tertiary/aromatic N) is 4. The summed E-state index contributed by atoms with van der Waals surface area (Å²) in [5.74, 6) is 1.62. The number of fused-ring (bicyclic) bond motifs is 2. The van der Waals surface area contributed by atoms with E-state index in [0.717, 1.165) is 56.6 Å². The molecule has 5 aromatic rings. The lowest BCUT2D eigenvalue weighted by Gasteiger charge is -2.34. The van der Waals surface area contributed by atoms with Crippen molar-refractivity contribution in [2.75, 3.05) is 4.90 Å². The first kappa shape index (κ1) is 26.0. The fourth-order valence-corrected chi connectivity index (χ4v) is 5.62. The van der Waals surface area contributed by atoms with Crippen molar-refractivity contribution < 1.29 is 14.3 Å². The van der Waals surface area contributed by atoms with Gasteiger partial charge in [0, 0.05) is 34.0 Å². The summed E-state index contributed by atoms with van der Waals surface area (Å²) in [7, 11) is 0. The van der Waals surface area contributed by atoms with Crippen LogP contribution in [0.25, 0.3) is 33.3 Å². The lowest BCUT2D eigenvalue weighted by Crippen LogP contribution is -2.45. The highest BCUT2D eigenvalue weighted by Gasteiger charge is 2.31. The molecule has 0 spiro atoms. The average molecular weight is 576 g/mol. The maximum atomic E-state index is 12.3. The van der Waals surface area contributed by atoms with Crippen molar-refractivity contribution in [1.29, 1.82) is 0 Å². The number of halogens is 1. The highest BCUT2D eigenvalue weighted by atomic mass is 79.9. The SMILES string of the molecule is CCc1nc2c(C)cc(C)nc2n1Cc1ccc2c(-c3ccccc3N(C(=O)O)C(C)(C)C)oc(Br)c2c1. The van der Waals surface area contributed by atoms with Crippen LogP contribution in [0.2, 0.25) is 0 Å². The maximum Gasteiger partial charge on any atom is 0.412 e. The van der Waals surface area contributed by atoms with Crippen LogP contribution in [0.3, 0.4) is 0 Å². The summed E-state index contributed by atoms with van der Waals surface area (Å²) < 4.78 is 9.03. The zero-order chi connectivity index (χ0) is 27.4. The third kappa shape index (κ3) is 4.47. The van der Waals surface area contributed by atoms with E-state index >= 15 is 0 Å². The van der Waals surface area contributed by atoms with E-state index in [1.165, 1.54) is 4.90 Å². The molecule has 0 aliphatic rings. The zero-order valence-electron chi connectivity index (χ0n) is 22.5. The van der Waals surface area contributed by atoms with Crippen molar-refractivity contribution >= 4 is 49.6 Å². The molecule has 0 unspecified atom stereocenters. The number of hydrogen-bond acceptors (Lipinski definition) is 4. The zero-order valence-corrected chi connectivity index (χ0v) is 24.0. The molecular weight excluding hydrogens is 544 g/mol. The molecule has 8 heteroatoms. The Balaban J connectivity index is 1.61. The highest BCUT2D eigenvalue weighted by Crippen LogP contribution is 2.42. The van der Waals surface area contributed by atoms with Gasteiger partial charge in [0.2, 0.25) is 0 Å². The smallest absolute Gasteiger partial charge is 0.412 e. The van der Waals surface area contributed by atoms with Crippen molar-refractivity contribution in [2.45, 2.75) is 60.0 Å². The number of furan rings is 1. The van der Waals surface area contributed by atoms with Crippen LogP contribution in [-0.2, 0) is 13.0 Å². The van der Waals surface area contributed by atoms with Crippen molar-refractivity contribution in [1.82, 2.24) is 14.5 Å². The summed E-state index contributed by atoms with van der Waals surface area (Å²) in [5.41, 5.74) is 5.70. The molecular formula is C30H31BrN4O3. The van der Waals surface area contributed by atoms with Gasteiger partial charge in [-0.25, -0.2) is 14.8 Å². The standard InChI is InChI=1S/C30H31BrN4O3/c1-7-24-33-25-17(2)14-18(3)32-28(25)34(24)16-19-12-13-20-22(15-19)27(31)38-26(20)21-10-8-9-11-23(21)35(29(36)37)30(4,5)6/h8-15H,7,16H2,1-6H3,(H,36,37). The number of anilines is 1. The van der Waals surface area contributed by atoms with Gasteiger partial charge in [-0.2, -0.15) is 0 Å². The van der Waals surface area contributed by atoms with Gasteiger partial charge in [0.25, 0.3) is 0 Å². The molecule has 38 heavy (non-hydrogen) atoms. The number of carboxylic acid groups (broad SMARTS) is 1. The molecule has 2 aromatic carbocycles. The fourth-order valence-electron chi connectivity index (χ4n) is 5.13. The average Bonchev–Trinajstić information content (AvgIpc) is 3.36. The predicted octanol–water partition coefficient (Wildman–Crippen LogP) is 8.12. The number of rotatable bonds is 5. The van der Waals surface area contributed by atoms with Crippen LogP contribution in [0.4, 0.5) is 10.5 Å². The van der Waals surface area contributed by atoms with E-state index < -0.39 is 11.6 Å². The molecule has 196 valence electrons. The summed E-state index contributed by atoms with van der Waals surface area (Å²) in [5, 5.41) is 11.9. The molecule has 5 rings (SSSR count). The Kier molecular flexibility index (Phi) is 6.55. The minimum Gasteiger partial charge on any atom is -0.465 e. The molecule has 0 aliphatic heterocycles. The number of benzene rings is 2. The predicted molar refractivity (Wildman–Crippen MR) is 155 cm³/mol. The van der Waals surface area contributed by atoms with Crippen LogP contribution in [0, 0.1) is 13.8 Å². The molecule has 0 saturated heterocycles. The number of hydrogen-bond donors (Lipinski definition) is 1. The van der Waals surface area contributed by atoms with E-state index in [1.54, 1.807) is 0 Å². The van der Waals surface area contributed by atoms with E-state index in [0.29, 0.717) is 22.7 Å². The second kappa shape index (κ2) is 9.58. The summed E-state index contributed by atoms with van der Waals surface area (Å²) >= 11 is 3.62. The lowest BCUT2D eigenvalue weighted by atomic mass is 10.00. The Morgan fingerprint density at radius 1 is 1.08 bits per heavy atom. The molecule has 0 fully saturated rings. The van der Waals surface area contributed by atoms with E-state index in [1.807, 2.05) is 58.0 Å². The first-order valence-corrected chi connectivity index (χ1v) is 13.5. The third-order valence-corrected chi connectivity index (χ3v) is 7.33. The van der Waals surface area contributed by atoms with Gasteiger partial charge in [-0.1, -0.05) is 31.2 Å². The topological polar surface area (TPSA) is 84.4 Å². The Morgan fingerprint density at radius 3 is 2.50 bits per heavy atom. The first-order valence-electron chi connectivity index (χ1n) is 12.7. The molecule has 0 aliphatic carbocycles. The van der Waals surface area contributed by atoms with Crippen LogP contribution in [0.15, 0.2) is 57.6 Å². The number of aromatic nitrogens is 3. The van der Waals surface area contributed by atoms with E-state index in [-0.39, 0.29) is 0 Å². The number of aryl methyl sites for hydroxylation is 3. The van der Waals surface area contributed by atoms with Gasteiger partial charge in [-0.15, -0.1) is 0 Å². The van der Waals surface area contributed by atoms with Gasteiger partial charge in [-0.05, 0) is 85.9 Å². The third-order valence-electron chi connectivity index (χ3n) is 6.74. The molecule has 0 bridgehead atoms. The number of carbonyl (C=O) groups is 1. The van der Waals surface area contributed by atoms with Gasteiger partial charge in [0.05, 0.1) is 12.2 Å². The van der Waals surface area contributed by atoms with Gasteiger partial charge >= 0.3 is 6.09 Å². The number of amides is 1. The molecule has 3 aromatic heterocycles. The van der Waals surface area contributed by atoms with Crippen LogP contribution in [0.5, 0.6) is 0 Å². The lowest BCUT2D eigenvalue weighted by molar-refractivity contribution is 0.195. The summed E-state index contributed by atoms with van der Waals surface area (Å²) in [6.07, 6.45) is -0.207. The van der Waals surface area contributed by atoms with Crippen molar-refractivity contribution in [3.05, 3.63) is 75.8 Å². The molecule has 1 amide bonds. The van der Waals surface area contributed by atoms with E-state index in [4.69, 9.17) is 14.4 Å². The van der Waals surface area contributed by atoms with Crippen LogP contribution < -0.4 is 4.90 Å². The van der Waals surface area contributed by atoms with Gasteiger partial charge < -0.3 is 14.1 Å². The molecule has 3 heterocycles. The fraction of sp³-hybridized carbons (Fsp3) is 0.300. The summed E-state index contributed by atoms with van der Waals surface area (Å²) in [6, 6.07) is 15.8. The van der Waals surface area contributed by atoms with Crippen LogP contribution in [0.1, 0.15) is 50.3 Å². The van der Waals surface area contributed by atoms with E-state index in [2.05, 4.69) is 52.5 Å². The molecule has 7 nitrogen and oxygen atoms in total. The van der Waals surface area contributed by atoms with Gasteiger partial charge in [0.1, 0.15) is 17.1 Å². The second-order valence-electron chi connectivity index (χ2n) is 10.6. The quantitative estimate of drug-likeness (QED) is 0.229. The Labute approximate surface area is 230 Å².